The van der Waals surface area contributed by atoms with Crippen LogP contribution in [-0.4, -0.2) is 51.3 Å². The number of nitrogens with zero attached hydrogens (tertiary/aromatic N) is 1. The zero-order valence-electron chi connectivity index (χ0n) is 14.8. The lowest BCUT2D eigenvalue weighted by Crippen LogP contribution is -2.50. The lowest BCUT2D eigenvalue weighted by Gasteiger charge is -2.33. The van der Waals surface area contributed by atoms with Gasteiger partial charge in [-0.25, -0.2) is 13.1 Å². The molecule has 0 aromatic heterocycles. The second-order valence-corrected chi connectivity index (χ2v) is 8.37. The lowest BCUT2D eigenvalue weighted by atomic mass is 10.0. The summed E-state index contributed by atoms with van der Waals surface area (Å²) in [6, 6.07) is 5.82. The molecule has 0 saturated carbocycles. The van der Waals surface area contributed by atoms with E-state index in [4.69, 9.17) is 0 Å². The molecule has 2 N–H and O–H groups in total. The molecule has 7 nitrogen and oxygen atoms in total. The van der Waals surface area contributed by atoms with Crippen molar-refractivity contribution in [3.05, 3.63) is 29.8 Å². The van der Waals surface area contributed by atoms with Crippen LogP contribution in [0.2, 0.25) is 0 Å². The van der Waals surface area contributed by atoms with Crippen molar-refractivity contribution in [3.63, 3.8) is 0 Å². The highest BCUT2D eigenvalue weighted by molar-refractivity contribution is 7.89. The molecule has 0 aliphatic carbocycles. The minimum Gasteiger partial charge on any atom is -0.351 e. The van der Waals surface area contributed by atoms with E-state index >= 15 is 0 Å². The summed E-state index contributed by atoms with van der Waals surface area (Å²) in [5, 5.41) is 2.97. The van der Waals surface area contributed by atoms with Gasteiger partial charge in [-0.3, -0.25) is 9.59 Å². The zero-order valence-corrected chi connectivity index (χ0v) is 15.6. The Labute approximate surface area is 148 Å². The first-order chi connectivity index (χ1) is 11.7. The number of benzene rings is 1. The first-order valence-corrected chi connectivity index (χ1v) is 9.86. The molecule has 1 aliphatic heterocycles. The van der Waals surface area contributed by atoms with Crippen LogP contribution in [0.3, 0.4) is 0 Å². The molecular weight excluding hydrogens is 342 g/mol. The van der Waals surface area contributed by atoms with Crippen LogP contribution in [0.1, 0.15) is 37.0 Å². The third kappa shape index (κ3) is 4.79. The van der Waals surface area contributed by atoms with E-state index in [1.807, 2.05) is 13.8 Å². The summed E-state index contributed by atoms with van der Waals surface area (Å²) in [7, 11) is -2.18. The number of likely N-dealkylation sites (tertiary alicyclic amines) is 1. The normalized spacial score (nSPS) is 18.2. The molecule has 1 aliphatic rings. The molecule has 0 bridgehead atoms. The Morgan fingerprint density at radius 2 is 1.84 bits per heavy atom. The quantitative estimate of drug-likeness (QED) is 0.811. The Balaban J connectivity index is 2.06. The van der Waals surface area contributed by atoms with E-state index in [1.165, 1.54) is 31.3 Å². The predicted octanol–water partition coefficient (Wildman–Crippen LogP) is 0.971. The van der Waals surface area contributed by atoms with Crippen LogP contribution < -0.4 is 10.0 Å². The SMILES string of the molecule is CNS(=O)(=O)c1ccc(C(=O)N2CCCC(NC(=O)C(C)C)C2)cc1. The molecule has 25 heavy (non-hydrogen) atoms. The second-order valence-electron chi connectivity index (χ2n) is 6.49. The first kappa shape index (κ1) is 19.4. The van der Waals surface area contributed by atoms with E-state index in [0.29, 0.717) is 18.7 Å². The summed E-state index contributed by atoms with van der Waals surface area (Å²) in [5.41, 5.74) is 0.436. The summed E-state index contributed by atoms with van der Waals surface area (Å²) in [5.74, 6) is -0.259. The predicted molar refractivity (Wildman–Crippen MR) is 94.6 cm³/mol. The molecule has 1 heterocycles. The second kappa shape index (κ2) is 7.97. The fraction of sp³-hybridized carbons (Fsp3) is 0.529. The Kier molecular flexibility index (Phi) is 6.18. The van der Waals surface area contributed by atoms with Gasteiger partial charge in [-0.1, -0.05) is 13.8 Å². The third-order valence-corrected chi connectivity index (χ3v) is 5.69. The summed E-state index contributed by atoms with van der Waals surface area (Å²) in [6.45, 7) is 4.76. The first-order valence-electron chi connectivity index (χ1n) is 8.38. The number of piperidine rings is 1. The third-order valence-electron chi connectivity index (χ3n) is 4.26. The Hall–Kier alpha value is -1.93. The van der Waals surface area contributed by atoms with Gasteiger partial charge in [-0.2, -0.15) is 0 Å². The van der Waals surface area contributed by atoms with Gasteiger partial charge in [-0.05, 0) is 44.2 Å². The molecule has 1 atom stereocenters. The highest BCUT2D eigenvalue weighted by atomic mass is 32.2. The maximum absolute atomic E-state index is 12.6. The van der Waals surface area contributed by atoms with Gasteiger partial charge in [0.1, 0.15) is 0 Å². The average Bonchev–Trinajstić information content (AvgIpc) is 2.61. The fourth-order valence-corrected chi connectivity index (χ4v) is 3.45. The van der Waals surface area contributed by atoms with Crippen molar-refractivity contribution in [1.29, 1.82) is 0 Å². The van der Waals surface area contributed by atoms with E-state index in [9.17, 15) is 18.0 Å². The van der Waals surface area contributed by atoms with Gasteiger partial charge in [0.2, 0.25) is 15.9 Å². The number of nitrogens with one attached hydrogen (secondary N) is 2. The van der Waals surface area contributed by atoms with Crippen LogP contribution in [0.5, 0.6) is 0 Å². The molecule has 0 radical (unpaired) electrons. The maximum atomic E-state index is 12.6. The molecule has 1 aromatic carbocycles. The molecule has 2 amide bonds. The molecular formula is C17H25N3O4S. The van der Waals surface area contributed by atoms with Gasteiger partial charge in [0.15, 0.2) is 0 Å². The molecule has 138 valence electrons. The van der Waals surface area contributed by atoms with Crippen molar-refractivity contribution >= 4 is 21.8 Å². The summed E-state index contributed by atoms with van der Waals surface area (Å²) < 4.78 is 25.7. The van der Waals surface area contributed by atoms with Crippen molar-refractivity contribution < 1.29 is 18.0 Å². The van der Waals surface area contributed by atoms with E-state index in [0.717, 1.165) is 12.8 Å². The van der Waals surface area contributed by atoms with Crippen LogP contribution in [0, 0.1) is 5.92 Å². The number of amides is 2. The molecule has 1 unspecified atom stereocenters. The number of hydrogen-bond acceptors (Lipinski definition) is 4. The molecule has 2 rings (SSSR count). The van der Waals surface area contributed by atoms with Crippen LogP contribution >= 0.6 is 0 Å². The highest BCUT2D eigenvalue weighted by Gasteiger charge is 2.26. The minimum absolute atomic E-state index is 0.0130. The number of carbonyl (C=O) groups is 2. The Morgan fingerprint density at radius 1 is 1.20 bits per heavy atom. The maximum Gasteiger partial charge on any atom is 0.253 e. The fourth-order valence-electron chi connectivity index (χ4n) is 2.72. The Bertz CT molecular complexity index is 729. The molecule has 0 spiro atoms. The average molecular weight is 367 g/mol. The zero-order chi connectivity index (χ0) is 18.6. The monoisotopic (exact) mass is 367 g/mol. The van der Waals surface area contributed by atoms with Gasteiger partial charge in [0.05, 0.1) is 4.90 Å². The van der Waals surface area contributed by atoms with Crippen LogP contribution in [0.15, 0.2) is 29.2 Å². The molecule has 1 fully saturated rings. The van der Waals surface area contributed by atoms with Crippen molar-refractivity contribution in [3.8, 4) is 0 Å². The van der Waals surface area contributed by atoms with Gasteiger partial charge in [0, 0.05) is 30.6 Å². The number of sulfonamides is 1. The van der Waals surface area contributed by atoms with Crippen LogP contribution in [0.4, 0.5) is 0 Å². The van der Waals surface area contributed by atoms with Gasteiger partial charge < -0.3 is 10.2 Å². The van der Waals surface area contributed by atoms with Crippen LogP contribution in [0.25, 0.3) is 0 Å². The summed E-state index contributed by atoms with van der Waals surface area (Å²) in [6.07, 6.45) is 1.67. The minimum atomic E-state index is -3.52. The number of hydrogen-bond donors (Lipinski definition) is 2. The number of carbonyl (C=O) groups excluding carboxylic acids is 2. The molecule has 8 heteroatoms. The van der Waals surface area contributed by atoms with E-state index in [-0.39, 0.29) is 28.7 Å². The topological polar surface area (TPSA) is 95.6 Å². The molecule has 1 saturated heterocycles. The smallest absolute Gasteiger partial charge is 0.253 e. The van der Waals surface area contributed by atoms with Crippen molar-refractivity contribution in [2.24, 2.45) is 5.92 Å². The van der Waals surface area contributed by atoms with E-state index in [1.54, 1.807) is 4.90 Å². The molecule has 1 aromatic rings. The standard InChI is InChI=1S/C17H25N3O4S/c1-12(2)16(21)19-14-5-4-10-20(11-14)17(22)13-6-8-15(9-7-13)25(23,24)18-3/h6-9,12,14,18H,4-5,10-11H2,1-3H3,(H,19,21). The van der Waals surface area contributed by atoms with Crippen molar-refractivity contribution in [1.82, 2.24) is 14.9 Å². The number of rotatable bonds is 5. The summed E-state index contributed by atoms with van der Waals surface area (Å²) in [4.78, 5) is 26.3. The van der Waals surface area contributed by atoms with E-state index in [2.05, 4.69) is 10.0 Å². The van der Waals surface area contributed by atoms with Gasteiger partial charge in [0.25, 0.3) is 5.91 Å². The summed E-state index contributed by atoms with van der Waals surface area (Å²) >= 11 is 0. The Morgan fingerprint density at radius 3 is 2.40 bits per heavy atom. The van der Waals surface area contributed by atoms with Gasteiger partial charge >= 0.3 is 0 Å². The van der Waals surface area contributed by atoms with Crippen molar-refractivity contribution in [2.45, 2.75) is 37.6 Å². The highest BCUT2D eigenvalue weighted by Crippen LogP contribution is 2.16. The van der Waals surface area contributed by atoms with Crippen molar-refractivity contribution in [2.75, 3.05) is 20.1 Å². The van der Waals surface area contributed by atoms with E-state index < -0.39 is 10.0 Å². The largest absolute Gasteiger partial charge is 0.351 e. The lowest BCUT2D eigenvalue weighted by molar-refractivity contribution is -0.125. The van der Waals surface area contributed by atoms with Gasteiger partial charge in [-0.15, -0.1) is 0 Å². The van der Waals surface area contributed by atoms with Crippen LogP contribution in [-0.2, 0) is 14.8 Å².